The standard InChI is InChI=1S/C7H13N3.ClH/c8-6-7(10-9)4-2-1-3-5-7;/h10H,1-5,9H2;1H. The number of nitrogens with zero attached hydrogens (tertiary/aromatic N) is 1. The quantitative estimate of drug-likeness (QED) is 0.464. The van der Waals surface area contributed by atoms with Crippen molar-refractivity contribution in [3.8, 4) is 6.07 Å². The highest BCUT2D eigenvalue weighted by Gasteiger charge is 2.29. The molecule has 0 aromatic rings. The van der Waals surface area contributed by atoms with Crippen LogP contribution in [0.3, 0.4) is 0 Å². The van der Waals surface area contributed by atoms with Crippen LogP contribution in [0.1, 0.15) is 32.1 Å². The molecular formula is C7H14ClN3. The van der Waals surface area contributed by atoms with Gasteiger partial charge in [0, 0.05) is 0 Å². The van der Waals surface area contributed by atoms with Crippen LogP contribution in [0.4, 0.5) is 0 Å². The average molecular weight is 176 g/mol. The topological polar surface area (TPSA) is 61.8 Å². The second kappa shape index (κ2) is 4.55. The van der Waals surface area contributed by atoms with Gasteiger partial charge < -0.3 is 0 Å². The third-order valence-corrected chi connectivity index (χ3v) is 2.20. The van der Waals surface area contributed by atoms with Gasteiger partial charge in [-0.1, -0.05) is 19.3 Å². The minimum Gasteiger partial charge on any atom is -0.270 e. The summed E-state index contributed by atoms with van der Waals surface area (Å²) in [7, 11) is 0. The molecule has 3 N–H and O–H groups in total. The lowest BCUT2D eigenvalue weighted by Crippen LogP contribution is -2.49. The van der Waals surface area contributed by atoms with Crippen LogP contribution in [0, 0.1) is 11.3 Å². The molecule has 1 rings (SSSR count). The molecule has 0 heterocycles. The van der Waals surface area contributed by atoms with Crippen molar-refractivity contribution in [3.05, 3.63) is 0 Å². The summed E-state index contributed by atoms with van der Waals surface area (Å²) in [4.78, 5) is 0. The van der Waals surface area contributed by atoms with E-state index in [1.54, 1.807) is 0 Å². The van der Waals surface area contributed by atoms with Crippen LogP contribution in [-0.2, 0) is 0 Å². The van der Waals surface area contributed by atoms with Gasteiger partial charge in [-0.25, -0.2) is 5.43 Å². The molecule has 0 radical (unpaired) electrons. The predicted octanol–water partition coefficient (Wildman–Crippen LogP) is 1.10. The number of hydrogen-bond donors (Lipinski definition) is 2. The van der Waals surface area contributed by atoms with Crippen molar-refractivity contribution in [1.29, 1.82) is 5.26 Å². The maximum absolute atomic E-state index is 8.75. The predicted molar refractivity (Wildman–Crippen MR) is 46.0 cm³/mol. The molecule has 3 nitrogen and oxygen atoms in total. The molecule has 0 spiro atoms. The van der Waals surface area contributed by atoms with Crippen molar-refractivity contribution in [2.24, 2.45) is 5.84 Å². The fourth-order valence-corrected chi connectivity index (χ4v) is 1.44. The summed E-state index contributed by atoms with van der Waals surface area (Å²) in [6.07, 6.45) is 5.29. The summed E-state index contributed by atoms with van der Waals surface area (Å²) in [6, 6.07) is 2.23. The fourth-order valence-electron chi connectivity index (χ4n) is 1.44. The third-order valence-electron chi connectivity index (χ3n) is 2.20. The largest absolute Gasteiger partial charge is 0.270 e. The van der Waals surface area contributed by atoms with Gasteiger partial charge in [-0.2, -0.15) is 5.26 Å². The number of rotatable bonds is 1. The van der Waals surface area contributed by atoms with Crippen LogP contribution in [0.15, 0.2) is 0 Å². The first-order valence-corrected chi connectivity index (χ1v) is 3.72. The van der Waals surface area contributed by atoms with Crippen LogP contribution in [0.25, 0.3) is 0 Å². The van der Waals surface area contributed by atoms with Gasteiger partial charge in [0.05, 0.1) is 6.07 Å². The Morgan fingerprint density at radius 1 is 1.27 bits per heavy atom. The molecule has 4 heteroatoms. The Bertz CT molecular complexity index is 146. The highest BCUT2D eigenvalue weighted by Crippen LogP contribution is 2.26. The summed E-state index contributed by atoms with van der Waals surface area (Å²) in [5.41, 5.74) is 2.20. The van der Waals surface area contributed by atoms with E-state index < -0.39 is 5.54 Å². The molecule has 1 aliphatic rings. The van der Waals surface area contributed by atoms with Crippen molar-refractivity contribution in [2.45, 2.75) is 37.6 Å². The molecule has 1 aliphatic carbocycles. The highest BCUT2D eigenvalue weighted by atomic mass is 35.5. The Morgan fingerprint density at radius 3 is 2.09 bits per heavy atom. The Labute approximate surface area is 73.3 Å². The van der Waals surface area contributed by atoms with Gasteiger partial charge in [-0.3, -0.25) is 5.84 Å². The van der Waals surface area contributed by atoms with Gasteiger partial charge in [0.25, 0.3) is 0 Å². The molecule has 0 amide bonds. The molecule has 0 bridgehead atoms. The van der Waals surface area contributed by atoms with E-state index in [1.807, 2.05) is 0 Å². The number of hydrogen-bond acceptors (Lipinski definition) is 3. The maximum Gasteiger partial charge on any atom is 0.118 e. The molecule has 0 aliphatic heterocycles. The van der Waals surface area contributed by atoms with Gasteiger partial charge in [0.15, 0.2) is 0 Å². The second-order valence-corrected chi connectivity index (χ2v) is 2.90. The zero-order valence-corrected chi connectivity index (χ0v) is 7.28. The summed E-state index contributed by atoms with van der Waals surface area (Å²) >= 11 is 0. The van der Waals surface area contributed by atoms with Crippen molar-refractivity contribution in [3.63, 3.8) is 0 Å². The molecule has 0 atom stereocenters. The summed E-state index contributed by atoms with van der Waals surface area (Å²) in [6.45, 7) is 0. The Hall–Kier alpha value is -0.300. The molecule has 0 aromatic heterocycles. The normalized spacial score (nSPS) is 21.5. The maximum atomic E-state index is 8.75. The van der Waals surface area contributed by atoms with Gasteiger partial charge >= 0.3 is 0 Å². The zero-order valence-electron chi connectivity index (χ0n) is 6.47. The minimum atomic E-state index is -0.405. The molecule has 1 fully saturated rings. The van der Waals surface area contributed by atoms with E-state index in [4.69, 9.17) is 11.1 Å². The van der Waals surface area contributed by atoms with E-state index in [0.29, 0.717) is 0 Å². The number of halogens is 1. The van der Waals surface area contributed by atoms with E-state index in [2.05, 4.69) is 11.5 Å². The van der Waals surface area contributed by atoms with Crippen LogP contribution >= 0.6 is 12.4 Å². The van der Waals surface area contributed by atoms with Crippen molar-refractivity contribution < 1.29 is 0 Å². The minimum absolute atomic E-state index is 0. The third kappa shape index (κ3) is 2.33. The van der Waals surface area contributed by atoms with E-state index in [-0.39, 0.29) is 12.4 Å². The smallest absolute Gasteiger partial charge is 0.118 e. The van der Waals surface area contributed by atoms with Gasteiger partial charge in [0.2, 0.25) is 0 Å². The monoisotopic (exact) mass is 175 g/mol. The highest BCUT2D eigenvalue weighted by molar-refractivity contribution is 5.85. The number of hydrazine groups is 1. The number of nitrogens with one attached hydrogen (secondary N) is 1. The number of nitrogens with two attached hydrogens (primary N) is 1. The first-order chi connectivity index (χ1) is 4.83. The summed E-state index contributed by atoms with van der Waals surface area (Å²) < 4.78 is 0. The average Bonchev–Trinajstić information content (AvgIpc) is 2.06. The van der Waals surface area contributed by atoms with E-state index in [9.17, 15) is 0 Å². The Kier molecular flexibility index (Phi) is 4.43. The summed E-state index contributed by atoms with van der Waals surface area (Å²) in [5.74, 6) is 5.28. The fraction of sp³-hybridized carbons (Fsp3) is 0.857. The Balaban J connectivity index is 0.000001000. The first kappa shape index (κ1) is 10.7. The van der Waals surface area contributed by atoms with Crippen molar-refractivity contribution in [2.75, 3.05) is 0 Å². The second-order valence-electron chi connectivity index (χ2n) is 2.90. The zero-order chi connectivity index (χ0) is 7.45. The van der Waals surface area contributed by atoms with E-state index in [0.717, 1.165) is 25.7 Å². The van der Waals surface area contributed by atoms with Crippen molar-refractivity contribution in [1.82, 2.24) is 5.43 Å². The van der Waals surface area contributed by atoms with E-state index >= 15 is 0 Å². The van der Waals surface area contributed by atoms with Crippen molar-refractivity contribution >= 4 is 12.4 Å². The SMILES string of the molecule is Cl.N#CC1(NN)CCCCC1. The summed E-state index contributed by atoms with van der Waals surface area (Å²) in [5, 5.41) is 8.75. The molecule has 11 heavy (non-hydrogen) atoms. The molecule has 1 saturated carbocycles. The van der Waals surface area contributed by atoms with Crippen LogP contribution in [0.2, 0.25) is 0 Å². The van der Waals surface area contributed by atoms with Gasteiger partial charge in [0.1, 0.15) is 5.54 Å². The number of nitriles is 1. The lowest BCUT2D eigenvalue weighted by atomic mass is 9.83. The van der Waals surface area contributed by atoms with Crippen LogP contribution in [0.5, 0.6) is 0 Å². The molecular weight excluding hydrogens is 162 g/mol. The van der Waals surface area contributed by atoms with Gasteiger partial charge in [-0.05, 0) is 12.8 Å². The molecule has 64 valence electrons. The lowest BCUT2D eigenvalue weighted by Gasteiger charge is -2.29. The van der Waals surface area contributed by atoms with Gasteiger partial charge in [-0.15, -0.1) is 12.4 Å². The molecule has 0 unspecified atom stereocenters. The van der Waals surface area contributed by atoms with Crippen LogP contribution in [-0.4, -0.2) is 5.54 Å². The van der Waals surface area contributed by atoms with Crippen LogP contribution < -0.4 is 11.3 Å². The van der Waals surface area contributed by atoms with E-state index in [1.165, 1.54) is 6.42 Å². The molecule has 0 aromatic carbocycles. The lowest BCUT2D eigenvalue weighted by molar-refractivity contribution is 0.302. The molecule has 0 saturated heterocycles. The Morgan fingerprint density at radius 2 is 1.82 bits per heavy atom. The first-order valence-electron chi connectivity index (χ1n) is 3.72.